The highest BCUT2D eigenvalue weighted by atomic mass is 16.7. The minimum absolute atomic E-state index is 0.411. The summed E-state index contributed by atoms with van der Waals surface area (Å²) in [5, 5.41) is 5.90. The number of hydrogen-bond donors (Lipinski definition) is 0. The molecule has 1 saturated heterocycles. The molecule has 176 valence electrons. The van der Waals surface area contributed by atoms with E-state index in [4.69, 9.17) is 9.31 Å². The molecule has 0 radical (unpaired) electrons. The Bertz CT molecular complexity index is 1800. The Morgan fingerprint density at radius 3 is 2.28 bits per heavy atom. The van der Waals surface area contributed by atoms with Crippen LogP contribution in [0.4, 0.5) is 0 Å². The van der Waals surface area contributed by atoms with E-state index in [1.807, 2.05) is 12.3 Å². The fourth-order valence-electron chi connectivity index (χ4n) is 5.55. The Labute approximate surface area is 210 Å². The summed E-state index contributed by atoms with van der Waals surface area (Å²) in [7, 11) is -0.446. The summed E-state index contributed by atoms with van der Waals surface area (Å²) < 4.78 is 15.5. The van der Waals surface area contributed by atoms with Crippen LogP contribution in [0.1, 0.15) is 27.7 Å². The van der Waals surface area contributed by atoms with Crippen LogP contribution in [0.25, 0.3) is 49.2 Å². The molecule has 5 heteroatoms. The lowest BCUT2D eigenvalue weighted by Crippen LogP contribution is -2.41. The fraction of sp³-hybridized carbons (Fsp3) is 0.194. The maximum Gasteiger partial charge on any atom is 0.495 e. The molecule has 4 aromatic carbocycles. The van der Waals surface area contributed by atoms with Crippen LogP contribution in [0, 0.1) is 0 Å². The molecule has 0 saturated carbocycles. The van der Waals surface area contributed by atoms with Gasteiger partial charge in [0.2, 0.25) is 0 Å². The second-order valence-electron chi connectivity index (χ2n) is 10.7. The number of aromatic nitrogens is 2. The number of benzene rings is 4. The Morgan fingerprint density at radius 2 is 1.44 bits per heavy atom. The highest BCUT2D eigenvalue weighted by Crippen LogP contribution is 2.40. The summed E-state index contributed by atoms with van der Waals surface area (Å²) in [6.45, 7) is 8.42. The van der Waals surface area contributed by atoms with Crippen LogP contribution in [-0.2, 0) is 9.31 Å². The lowest BCUT2D eigenvalue weighted by Gasteiger charge is -2.32. The van der Waals surface area contributed by atoms with E-state index in [2.05, 4.69) is 116 Å². The summed E-state index contributed by atoms with van der Waals surface area (Å²) in [5.74, 6) is 0. The maximum atomic E-state index is 6.54. The van der Waals surface area contributed by atoms with Gasteiger partial charge in [0.15, 0.2) is 0 Å². The van der Waals surface area contributed by atoms with Crippen LogP contribution in [0.5, 0.6) is 0 Å². The number of rotatable bonds is 2. The first kappa shape index (κ1) is 21.6. The van der Waals surface area contributed by atoms with Crippen LogP contribution >= 0.6 is 0 Å². The van der Waals surface area contributed by atoms with Gasteiger partial charge >= 0.3 is 7.12 Å². The minimum atomic E-state index is -0.446. The van der Waals surface area contributed by atoms with Crippen molar-refractivity contribution >= 4 is 56.1 Å². The third-order valence-electron chi connectivity index (χ3n) is 8.08. The fourth-order valence-corrected chi connectivity index (χ4v) is 5.55. The van der Waals surface area contributed by atoms with E-state index in [1.165, 1.54) is 21.7 Å². The van der Waals surface area contributed by atoms with E-state index in [-0.39, 0.29) is 0 Å². The maximum absolute atomic E-state index is 6.54. The van der Waals surface area contributed by atoms with Crippen molar-refractivity contribution in [1.29, 1.82) is 0 Å². The lowest BCUT2D eigenvalue weighted by atomic mass is 9.76. The molecule has 0 spiro atoms. The van der Waals surface area contributed by atoms with Gasteiger partial charge in [-0.2, -0.15) is 0 Å². The molecule has 3 heterocycles. The van der Waals surface area contributed by atoms with Crippen molar-refractivity contribution < 1.29 is 9.31 Å². The SMILES string of the molecule is CC1(C)OB(c2cccc3c2c2ccc4ccccc4c2n3-c2cccc3ncccc23)OC1(C)C. The molecule has 2 aromatic heterocycles. The third-order valence-corrected chi connectivity index (χ3v) is 8.08. The number of nitrogens with zero attached hydrogens (tertiary/aromatic N) is 2. The van der Waals surface area contributed by atoms with Crippen molar-refractivity contribution in [3.8, 4) is 5.69 Å². The molecule has 6 aromatic rings. The van der Waals surface area contributed by atoms with Crippen molar-refractivity contribution in [2.45, 2.75) is 38.9 Å². The number of pyridine rings is 1. The normalized spacial score (nSPS) is 17.1. The van der Waals surface area contributed by atoms with E-state index < -0.39 is 18.3 Å². The van der Waals surface area contributed by atoms with Gasteiger partial charge in [-0.25, -0.2) is 0 Å². The van der Waals surface area contributed by atoms with Crippen LogP contribution in [0.3, 0.4) is 0 Å². The summed E-state index contributed by atoms with van der Waals surface area (Å²) in [5.41, 5.74) is 4.64. The van der Waals surface area contributed by atoms with Gasteiger partial charge < -0.3 is 13.9 Å². The first-order valence-electron chi connectivity index (χ1n) is 12.5. The first-order valence-corrected chi connectivity index (χ1v) is 12.5. The van der Waals surface area contributed by atoms with E-state index >= 15 is 0 Å². The molecule has 7 rings (SSSR count). The molecular weight excluding hydrogens is 443 g/mol. The zero-order chi connectivity index (χ0) is 24.7. The largest absolute Gasteiger partial charge is 0.495 e. The predicted octanol–water partition coefficient (Wildman–Crippen LogP) is 6.78. The van der Waals surface area contributed by atoms with Gasteiger partial charge in [0.1, 0.15) is 0 Å². The van der Waals surface area contributed by atoms with Crippen molar-refractivity contribution in [3.05, 3.63) is 91.1 Å². The number of fused-ring (bicyclic) bond motifs is 6. The second-order valence-corrected chi connectivity index (χ2v) is 10.7. The van der Waals surface area contributed by atoms with E-state index in [9.17, 15) is 0 Å². The predicted molar refractivity (Wildman–Crippen MR) is 149 cm³/mol. The van der Waals surface area contributed by atoms with Gasteiger partial charge in [0.05, 0.1) is 33.4 Å². The molecule has 0 atom stereocenters. The second kappa shape index (κ2) is 7.42. The quantitative estimate of drug-likeness (QED) is 0.262. The molecule has 1 aliphatic heterocycles. The minimum Gasteiger partial charge on any atom is -0.399 e. The van der Waals surface area contributed by atoms with Gasteiger partial charge in [-0.05, 0) is 68.9 Å². The highest BCUT2D eigenvalue weighted by molar-refractivity contribution is 6.66. The number of hydrogen-bond acceptors (Lipinski definition) is 3. The Kier molecular flexibility index (Phi) is 4.45. The van der Waals surface area contributed by atoms with Crippen molar-refractivity contribution in [2.75, 3.05) is 0 Å². The molecular formula is C31H27BN2O2. The summed E-state index contributed by atoms with van der Waals surface area (Å²) >= 11 is 0. The molecule has 0 amide bonds. The molecule has 0 N–H and O–H groups in total. The van der Waals surface area contributed by atoms with Crippen molar-refractivity contribution in [2.24, 2.45) is 0 Å². The molecule has 0 aliphatic carbocycles. The van der Waals surface area contributed by atoms with Crippen LogP contribution in [0.2, 0.25) is 0 Å². The zero-order valence-electron chi connectivity index (χ0n) is 20.9. The molecule has 36 heavy (non-hydrogen) atoms. The van der Waals surface area contributed by atoms with E-state index in [0.29, 0.717) is 0 Å². The average molecular weight is 470 g/mol. The van der Waals surface area contributed by atoms with E-state index in [1.54, 1.807) is 0 Å². The summed E-state index contributed by atoms with van der Waals surface area (Å²) in [4.78, 5) is 4.63. The van der Waals surface area contributed by atoms with Gasteiger partial charge in [-0.15, -0.1) is 0 Å². The average Bonchev–Trinajstić information content (AvgIpc) is 3.33. The van der Waals surface area contributed by atoms with Crippen LogP contribution in [0.15, 0.2) is 91.1 Å². The van der Waals surface area contributed by atoms with Crippen molar-refractivity contribution in [3.63, 3.8) is 0 Å². The molecule has 1 aliphatic rings. The summed E-state index contributed by atoms with van der Waals surface area (Å²) in [6, 6.07) is 30.0. The Balaban J connectivity index is 1.64. The lowest BCUT2D eigenvalue weighted by molar-refractivity contribution is 0.00578. The standard InChI is InChI=1S/C31H27BN2O2/c1-30(2)31(3,4)36-32(35-30)24-13-7-16-27-28(24)23-18-17-20-10-5-6-11-21(20)29(23)34(27)26-15-8-14-25-22(26)12-9-19-33-25/h5-19H,1-4H3. The highest BCUT2D eigenvalue weighted by Gasteiger charge is 2.52. The van der Waals surface area contributed by atoms with Crippen molar-refractivity contribution in [1.82, 2.24) is 9.55 Å². The van der Waals surface area contributed by atoms with Gasteiger partial charge in [-0.3, -0.25) is 4.98 Å². The molecule has 1 fully saturated rings. The first-order chi connectivity index (χ1) is 17.4. The van der Waals surface area contributed by atoms with Gasteiger partial charge in [0.25, 0.3) is 0 Å². The topological polar surface area (TPSA) is 36.3 Å². The smallest absolute Gasteiger partial charge is 0.399 e. The van der Waals surface area contributed by atoms with E-state index in [0.717, 1.165) is 33.0 Å². The Morgan fingerprint density at radius 1 is 0.694 bits per heavy atom. The molecule has 0 bridgehead atoms. The van der Waals surface area contributed by atoms with Gasteiger partial charge in [-0.1, -0.05) is 54.6 Å². The zero-order valence-corrected chi connectivity index (χ0v) is 20.9. The third kappa shape index (κ3) is 2.93. The van der Waals surface area contributed by atoms with Crippen LogP contribution < -0.4 is 5.46 Å². The molecule has 0 unspecified atom stereocenters. The van der Waals surface area contributed by atoms with Gasteiger partial charge in [0, 0.05) is 27.7 Å². The molecule has 4 nitrogen and oxygen atoms in total. The monoisotopic (exact) mass is 470 g/mol. The van der Waals surface area contributed by atoms with Crippen LogP contribution in [-0.4, -0.2) is 27.9 Å². The Hall–Kier alpha value is -3.67. The summed E-state index contributed by atoms with van der Waals surface area (Å²) in [6.07, 6.45) is 1.85.